The molecule has 0 aliphatic carbocycles. The predicted molar refractivity (Wildman–Crippen MR) is 88.9 cm³/mol. The van der Waals surface area contributed by atoms with Crippen LogP contribution in [-0.4, -0.2) is 29.3 Å². The van der Waals surface area contributed by atoms with Gasteiger partial charge in [-0.25, -0.2) is 0 Å². The van der Waals surface area contributed by atoms with Crippen LogP contribution in [0.1, 0.15) is 40.7 Å². The van der Waals surface area contributed by atoms with Crippen LogP contribution in [0.15, 0.2) is 18.2 Å². The number of hydrogen-bond donors (Lipinski definition) is 3. The molecule has 2 heterocycles. The Balaban J connectivity index is 1.81. The Morgan fingerprint density at radius 3 is 3.13 bits per heavy atom. The maximum Gasteiger partial charge on any atom is 0.276 e. The third kappa shape index (κ3) is 3.37. The fraction of sp³-hybridized carbons (Fsp3) is 0.412. The molecule has 1 aromatic carbocycles. The molecule has 1 amide bonds. The van der Waals surface area contributed by atoms with E-state index in [0.717, 1.165) is 36.2 Å². The molecule has 6 heteroatoms. The summed E-state index contributed by atoms with van der Waals surface area (Å²) in [5.74, 6) is 0.485. The summed E-state index contributed by atoms with van der Waals surface area (Å²) in [6.07, 6.45) is 1.78. The van der Waals surface area contributed by atoms with E-state index in [2.05, 4.69) is 27.8 Å². The average Bonchev–Trinajstić information content (AvgIpc) is 2.99. The van der Waals surface area contributed by atoms with Crippen LogP contribution in [0.5, 0.6) is 5.75 Å². The number of rotatable bonds is 5. The molecule has 1 aliphatic rings. The molecule has 0 atom stereocenters. The van der Waals surface area contributed by atoms with Gasteiger partial charge in [-0.1, -0.05) is 13.0 Å². The number of benzene rings is 1. The molecule has 3 rings (SSSR count). The minimum atomic E-state index is -0.212. The topological polar surface area (TPSA) is 79.0 Å². The number of H-pyrrole nitrogens is 1. The van der Waals surface area contributed by atoms with Gasteiger partial charge < -0.3 is 15.4 Å². The Morgan fingerprint density at radius 1 is 1.43 bits per heavy atom. The van der Waals surface area contributed by atoms with Gasteiger partial charge in [-0.2, -0.15) is 5.10 Å². The number of aromatic nitrogens is 2. The van der Waals surface area contributed by atoms with Crippen LogP contribution in [-0.2, 0) is 13.0 Å². The highest BCUT2D eigenvalue weighted by atomic mass is 16.5. The van der Waals surface area contributed by atoms with Gasteiger partial charge in [0.1, 0.15) is 5.75 Å². The van der Waals surface area contributed by atoms with E-state index < -0.39 is 0 Å². The molecule has 0 fully saturated rings. The Morgan fingerprint density at radius 2 is 2.30 bits per heavy atom. The van der Waals surface area contributed by atoms with Crippen LogP contribution in [0.4, 0.5) is 5.69 Å². The van der Waals surface area contributed by atoms with Crippen LogP contribution in [0.3, 0.4) is 0 Å². The molecule has 0 saturated heterocycles. The van der Waals surface area contributed by atoms with Gasteiger partial charge in [0.2, 0.25) is 0 Å². The van der Waals surface area contributed by atoms with Crippen LogP contribution in [0.25, 0.3) is 0 Å². The molecular weight excluding hydrogens is 292 g/mol. The molecule has 2 aromatic rings. The van der Waals surface area contributed by atoms with Crippen LogP contribution in [0.2, 0.25) is 0 Å². The summed E-state index contributed by atoms with van der Waals surface area (Å²) in [5, 5.41) is 13.3. The maximum atomic E-state index is 12.6. The van der Waals surface area contributed by atoms with Crippen molar-refractivity contribution in [2.24, 2.45) is 0 Å². The Bertz CT molecular complexity index is 709. The summed E-state index contributed by atoms with van der Waals surface area (Å²) in [6, 6.07) is 5.76. The number of aromatic amines is 1. The first kappa shape index (κ1) is 15.6. The highest BCUT2D eigenvalue weighted by molar-refractivity contribution is 6.04. The van der Waals surface area contributed by atoms with E-state index in [0.29, 0.717) is 30.3 Å². The van der Waals surface area contributed by atoms with Gasteiger partial charge in [-0.15, -0.1) is 0 Å². The summed E-state index contributed by atoms with van der Waals surface area (Å²) in [6.45, 7) is 6.25. The molecule has 0 saturated carbocycles. The lowest BCUT2D eigenvalue weighted by Crippen LogP contribution is -2.25. The summed E-state index contributed by atoms with van der Waals surface area (Å²) in [7, 11) is 0. The van der Waals surface area contributed by atoms with Gasteiger partial charge in [0.15, 0.2) is 5.69 Å². The average molecular weight is 314 g/mol. The lowest BCUT2D eigenvalue weighted by Gasteiger charge is -2.14. The van der Waals surface area contributed by atoms with Crippen LogP contribution >= 0.6 is 0 Å². The zero-order valence-electron chi connectivity index (χ0n) is 13.5. The first-order valence-electron chi connectivity index (χ1n) is 8.00. The van der Waals surface area contributed by atoms with Crippen molar-refractivity contribution in [3.63, 3.8) is 0 Å². The standard InChI is InChI=1S/C17H22N4O2/c1-3-8-23-15-9-11(2)4-5-14(15)19-17(22)16-12-10-18-7-6-13(12)20-21-16/h4-5,9,18H,3,6-8,10H2,1-2H3,(H,19,22)(H,20,21). The van der Waals surface area contributed by atoms with E-state index in [4.69, 9.17) is 4.74 Å². The minimum absolute atomic E-state index is 0.212. The maximum absolute atomic E-state index is 12.6. The Kier molecular flexibility index (Phi) is 4.62. The number of amides is 1. The second-order valence-corrected chi connectivity index (χ2v) is 5.76. The summed E-state index contributed by atoms with van der Waals surface area (Å²) in [5.41, 5.74) is 4.22. The highest BCUT2D eigenvalue weighted by Gasteiger charge is 2.22. The quantitative estimate of drug-likeness (QED) is 0.792. The molecule has 1 aromatic heterocycles. The number of ether oxygens (including phenoxy) is 1. The molecule has 122 valence electrons. The zero-order chi connectivity index (χ0) is 16.2. The molecular formula is C17H22N4O2. The van der Waals surface area contributed by atoms with Crippen LogP contribution < -0.4 is 15.4 Å². The molecule has 23 heavy (non-hydrogen) atoms. The van der Waals surface area contributed by atoms with E-state index in [1.807, 2.05) is 25.1 Å². The summed E-state index contributed by atoms with van der Waals surface area (Å²) >= 11 is 0. The summed E-state index contributed by atoms with van der Waals surface area (Å²) < 4.78 is 5.74. The van der Waals surface area contributed by atoms with E-state index in [1.165, 1.54) is 0 Å². The van der Waals surface area contributed by atoms with Crippen molar-refractivity contribution in [2.45, 2.75) is 33.2 Å². The molecule has 0 radical (unpaired) electrons. The summed E-state index contributed by atoms with van der Waals surface area (Å²) in [4.78, 5) is 12.6. The lowest BCUT2D eigenvalue weighted by molar-refractivity contribution is 0.102. The van der Waals surface area contributed by atoms with Gasteiger partial charge in [-0.05, 0) is 31.0 Å². The fourth-order valence-corrected chi connectivity index (χ4v) is 2.66. The van der Waals surface area contributed by atoms with Crippen LogP contribution in [0, 0.1) is 6.92 Å². The van der Waals surface area contributed by atoms with Crippen molar-refractivity contribution in [3.8, 4) is 5.75 Å². The number of nitrogens with one attached hydrogen (secondary N) is 3. The van der Waals surface area contributed by atoms with Gasteiger partial charge in [-0.3, -0.25) is 9.89 Å². The van der Waals surface area contributed by atoms with E-state index in [-0.39, 0.29) is 5.91 Å². The number of carbonyl (C=O) groups is 1. The van der Waals surface area contributed by atoms with Crippen molar-refractivity contribution >= 4 is 11.6 Å². The minimum Gasteiger partial charge on any atom is -0.491 e. The molecule has 0 spiro atoms. The van der Waals surface area contributed by atoms with Gasteiger partial charge in [0.05, 0.1) is 12.3 Å². The van der Waals surface area contributed by atoms with E-state index in [1.54, 1.807) is 0 Å². The third-order valence-electron chi connectivity index (χ3n) is 3.87. The van der Waals surface area contributed by atoms with E-state index in [9.17, 15) is 4.79 Å². The zero-order valence-corrected chi connectivity index (χ0v) is 13.5. The largest absolute Gasteiger partial charge is 0.491 e. The Labute approximate surface area is 135 Å². The van der Waals surface area contributed by atoms with Crippen molar-refractivity contribution < 1.29 is 9.53 Å². The normalized spacial score (nSPS) is 13.5. The van der Waals surface area contributed by atoms with E-state index >= 15 is 0 Å². The fourth-order valence-electron chi connectivity index (χ4n) is 2.66. The van der Waals surface area contributed by atoms with Gasteiger partial charge in [0, 0.05) is 30.8 Å². The monoisotopic (exact) mass is 314 g/mol. The molecule has 0 bridgehead atoms. The SMILES string of the molecule is CCCOc1cc(C)ccc1NC(=O)c1n[nH]c2c1CNCC2. The Hall–Kier alpha value is -2.34. The number of nitrogens with zero attached hydrogens (tertiary/aromatic N) is 1. The highest BCUT2D eigenvalue weighted by Crippen LogP contribution is 2.27. The number of fused-ring (bicyclic) bond motifs is 1. The van der Waals surface area contributed by atoms with Crippen molar-refractivity contribution in [3.05, 3.63) is 40.7 Å². The van der Waals surface area contributed by atoms with Crippen molar-refractivity contribution in [1.82, 2.24) is 15.5 Å². The number of anilines is 1. The molecule has 0 unspecified atom stereocenters. The first-order valence-corrected chi connectivity index (χ1v) is 8.00. The number of hydrogen-bond acceptors (Lipinski definition) is 4. The third-order valence-corrected chi connectivity index (χ3v) is 3.87. The van der Waals surface area contributed by atoms with Crippen molar-refractivity contribution in [2.75, 3.05) is 18.5 Å². The number of aryl methyl sites for hydroxylation is 1. The predicted octanol–water partition coefficient (Wildman–Crippen LogP) is 2.40. The molecule has 3 N–H and O–H groups in total. The second kappa shape index (κ2) is 6.83. The van der Waals surface area contributed by atoms with Gasteiger partial charge in [0.25, 0.3) is 5.91 Å². The smallest absolute Gasteiger partial charge is 0.276 e. The number of carbonyl (C=O) groups excluding carboxylic acids is 1. The lowest BCUT2D eigenvalue weighted by atomic mass is 10.1. The van der Waals surface area contributed by atoms with Gasteiger partial charge >= 0.3 is 0 Å². The molecule has 6 nitrogen and oxygen atoms in total. The molecule has 1 aliphatic heterocycles. The first-order chi connectivity index (χ1) is 11.2. The van der Waals surface area contributed by atoms with Crippen molar-refractivity contribution in [1.29, 1.82) is 0 Å². The second-order valence-electron chi connectivity index (χ2n) is 5.76.